The number of aromatic nitrogens is 1. The third kappa shape index (κ3) is 4.17. The number of pyridine rings is 1. The fraction of sp³-hybridized carbons (Fsp3) is 0.333. The molecule has 2 aliphatic heterocycles. The molecule has 1 saturated heterocycles. The maximum atomic E-state index is 13.0. The zero-order chi connectivity index (χ0) is 24.6. The van der Waals surface area contributed by atoms with E-state index in [-0.39, 0.29) is 29.9 Å². The molecule has 0 radical (unpaired) electrons. The molecule has 0 bridgehead atoms. The van der Waals surface area contributed by atoms with Gasteiger partial charge in [-0.1, -0.05) is 30.0 Å². The summed E-state index contributed by atoms with van der Waals surface area (Å²) >= 11 is 6.63. The molecular weight excluding hydrogens is 472 g/mol. The third-order valence-corrected chi connectivity index (χ3v) is 7.03. The van der Waals surface area contributed by atoms with Crippen molar-refractivity contribution in [3.05, 3.63) is 55.7 Å². The first-order chi connectivity index (χ1) is 16.3. The van der Waals surface area contributed by atoms with Gasteiger partial charge in [0.25, 0.3) is 11.5 Å². The minimum Gasteiger partial charge on any atom is -0.454 e. The number of carbonyl (C=O) groups excluding carboxylic acids is 1. The maximum Gasteiger partial charge on any atom is 0.270 e. The number of nitriles is 1. The summed E-state index contributed by atoms with van der Waals surface area (Å²) in [5, 5.41) is 13.0. The van der Waals surface area contributed by atoms with Crippen molar-refractivity contribution in [1.82, 2.24) is 9.47 Å². The molecule has 2 aliphatic rings. The zero-order valence-electron chi connectivity index (χ0n) is 19.3. The largest absolute Gasteiger partial charge is 0.454 e. The smallest absolute Gasteiger partial charge is 0.270 e. The van der Waals surface area contributed by atoms with E-state index in [0.29, 0.717) is 50.8 Å². The first-order valence-electron chi connectivity index (χ1n) is 10.8. The number of rotatable bonds is 6. The molecule has 1 aromatic heterocycles. The van der Waals surface area contributed by atoms with Gasteiger partial charge < -0.3 is 14.8 Å². The van der Waals surface area contributed by atoms with Crippen LogP contribution in [0.5, 0.6) is 11.5 Å². The van der Waals surface area contributed by atoms with Gasteiger partial charge in [-0.3, -0.25) is 19.1 Å². The molecule has 1 N–H and O–H groups in total. The summed E-state index contributed by atoms with van der Waals surface area (Å²) < 4.78 is 12.8. The van der Waals surface area contributed by atoms with Gasteiger partial charge in [0.15, 0.2) is 11.5 Å². The molecule has 8 nitrogen and oxygen atoms in total. The van der Waals surface area contributed by atoms with E-state index in [4.69, 9.17) is 21.7 Å². The van der Waals surface area contributed by atoms with E-state index in [9.17, 15) is 14.9 Å². The standard InChI is InChI=1S/C24H24N4O4S2/c1-5-27-21(26-11-15-6-7-18-19(8-15)32-12-31-18)16(14(4)17(10-25)22(27)29)9-20-23(30)28(13(2)3)24(33)34-20/h6-9,13,26H,5,11-12H2,1-4H3/b20-9+. The van der Waals surface area contributed by atoms with Crippen molar-refractivity contribution in [3.8, 4) is 17.6 Å². The number of hydrogen-bond donors (Lipinski definition) is 1. The zero-order valence-corrected chi connectivity index (χ0v) is 20.9. The van der Waals surface area contributed by atoms with E-state index < -0.39 is 0 Å². The predicted molar refractivity (Wildman–Crippen MR) is 136 cm³/mol. The second-order valence-electron chi connectivity index (χ2n) is 8.11. The van der Waals surface area contributed by atoms with Crippen LogP contribution >= 0.6 is 24.0 Å². The lowest BCUT2D eigenvalue weighted by atomic mass is 10.0. The molecule has 2 aromatic rings. The van der Waals surface area contributed by atoms with Crippen molar-refractivity contribution in [2.24, 2.45) is 0 Å². The van der Waals surface area contributed by atoms with Crippen LogP contribution < -0.4 is 20.3 Å². The highest BCUT2D eigenvalue weighted by molar-refractivity contribution is 8.26. The lowest BCUT2D eigenvalue weighted by molar-refractivity contribution is -0.123. The molecule has 4 rings (SSSR count). The van der Waals surface area contributed by atoms with Crippen LogP contribution in [0, 0.1) is 18.3 Å². The summed E-state index contributed by atoms with van der Waals surface area (Å²) in [6.07, 6.45) is 1.73. The van der Waals surface area contributed by atoms with E-state index in [1.165, 1.54) is 16.3 Å². The van der Waals surface area contributed by atoms with Gasteiger partial charge in [0.05, 0.1) is 4.91 Å². The van der Waals surface area contributed by atoms with Gasteiger partial charge in [-0.15, -0.1) is 0 Å². The van der Waals surface area contributed by atoms with Crippen LogP contribution in [0.25, 0.3) is 6.08 Å². The summed E-state index contributed by atoms with van der Waals surface area (Å²) in [6.45, 7) is 8.31. The highest BCUT2D eigenvalue weighted by Gasteiger charge is 2.34. The highest BCUT2D eigenvalue weighted by Crippen LogP contribution is 2.36. The van der Waals surface area contributed by atoms with Gasteiger partial charge in [0.1, 0.15) is 21.8 Å². The Morgan fingerprint density at radius 1 is 1.29 bits per heavy atom. The van der Waals surface area contributed by atoms with Crippen LogP contribution in [-0.4, -0.2) is 32.5 Å². The Labute approximate surface area is 207 Å². The second-order valence-corrected chi connectivity index (χ2v) is 9.79. The topological polar surface area (TPSA) is 96.6 Å². The van der Waals surface area contributed by atoms with E-state index in [1.807, 2.05) is 45.0 Å². The van der Waals surface area contributed by atoms with Gasteiger partial charge in [-0.25, -0.2) is 0 Å². The third-order valence-electron chi connectivity index (χ3n) is 5.70. The number of thiocarbonyl (C=S) groups is 1. The molecule has 0 saturated carbocycles. The quantitative estimate of drug-likeness (QED) is 0.474. The Morgan fingerprint density at radius 3 is 2.68 bits per heavy atom. The van der Waals surface area contributed by atoms with E-state index in [2.05, 4.69) is 5.32 Å². The molecule has 1 fully saturated rings. The number of benzene rings is 1. The minimum atomic E-state index is -0.373. The molecule has 3 heterocycles. The van der Waals surface area contributed by atoms with Crippen molar-refractivity contribution in [1.29, 1.82) is 5.26 Å². The number of amides is 1. The van der Waals surface area contributed by atoms with Crippen LogP contribution in [-0.2, 0) is 17.9 Å². The number of nitrogens with one attached hydrogen (secondary N) is 1. The Bertz CT molecular complexity index is 1320. The Balaban J connectivity index is 1.79. The average molecular weight is 497 g/mol. The SMILES string of the molecule is CCn1c(NCc2ccc3c(c2)OCO3)c(/C=C2/SC(=S)N(C(C)C)C2=O)c(C)c(C#N)c1=O. The van der Waals surface area contributed by atoms with Crippen molar-refractivity contribution in [3.63, 3.8) is 0 Å². The molecule has 0 spiro atoms. The van der Waals surface area contributed by atoms with Crippen molar-refractivity contribution < 1.29 is 14.3 Å². The second kappa shape index (κ2) is 9.52. The molecule has 10 heteroatoms. The molecule has 0 atom stereocenters. The Morgan fingerprint density at radius 2 is 2.03 bits per heavy atom. The molecule has 0 aliphatic carbocycles. The summed E-state index contributed by atoms with van der Waals surface area (Å²) in [6, 6.07) is 7.60. The van der Waals surface area contributed by atoms with Crippen molar-refractivity contribution in [2.45, 2.75) is 46.8 Å². The number of hydrogen-bond acceptors (Lipinski definition) is 8. The van der Waals surface area contributed by atoms with Gasteiger partial charge >= 0.3 is 0 Å². The van der Waals surface area contributed by atoms with Crippen LogP contribution in [0.3, 0.4) is 0 Å². The molecule has 0 unspecified atom stereocenters. The molecule has 176 valence electrons. The number of carbonyl (C=O) groups is 1. The van der Waals surface area contributed by atoms with Crippen molar-refractivity contribution >= 4 is 46.1 Å². The van der Waals surface area contributed by atoms with E-state index >= 15 is 0 Å². The van der Waals surface area contributed by atoms with Crippen LogP contribution in [0.1, 0.15) is 43.0 Å². The lowest BCUT2D eigenvalue weighted by Crippen LogP contribution is -2.34. The van der Waals surface area contributed by atoms with Crippen LogP contribution in [0.4, 0.5) is 5.82 Å². The van der Waals surface area contributed by atoms with E-state index in [0.717, 1.165) is 5.56 Å². The molecular formula is C24H24N4O4S2. The summed E-state index contributed by atoms with van der Waals surface area (Å²) in [5.41, 5.74) is 1.74. The monoisotopic (exact) mass is 496 g/mol. The average Bonchev–Trinajstić information content (AvgIpc) is 3.37. The van der Waals surface area contributed by atoms with Gasteiger partial charge in [0.2, 0.25) is 6.79 Å². The fourth-order valence-electron chi connectivity index (χ4n) is 3.95. The Hall–Kier alpha value is -3.29. The highest BCUT2D eigenvalue weighted by atomic mass is 32.2. The number of fused-ring (bicyclic) bond motifs is 1. The number of ether oxygens (including phenoxy) is 2. The minimum absolute atomic E-state index is 0.0565. The number of nitrogens with zero attached hydrogens (tertiary/aromatic N) is 3. The maximum absolute atomic E-state index is 13.0. The number of thioether (sulfide) groups is 1. The predicted octanol–water partition coefficient (Wildman–Crippen LogP) is 4.00. The summed E-state index contributed by atoms with van der Waals surface area (Å²) in [5.74, 6) is 1.72. The van der Waals surface area contributed by atoms with Crippen LogP contribution in [0.15, 0.2) is 27.9 Å². The Kier molecular flexibility index (Phi) is 6.68. The first kappa shape index (κ1) is 23.9. The van der Waals surface area contributed by atoms with Gasteiger partial charge in [-0.05, 0) is 57.0 Å². The fourth-order valence-corrected chi connectivity index (χ4v) is 5.45. The molecule has 1 aromatic carbocycles. The van der Waals surface area contributed by atoms with Crippen molar-refractivity contribution in [2.75, 3.05) is 12.1 Å². The molecule has 34 heavy (non-hydrogen) atoms. The number of anilines is 1. The summed E-state index contributed by atoms with van der Waals surface area (Å²) in [4.78, 5) is 28.1. The first-order valence-corrected chi connectivity index (χ1v) is 12.1. The van der Waals surface area contributed by atoms with E-state index in [1.54, 1.807) is 17.9 Å². The lowest BCUT2D eigenvalue weighted by Gasteiger charge is -2.20. The van der Waals surface area contributed by atoms with Gasteiger partial charge in [0, 0.05) is 24.7 Å². The van der Waals surface area contributed by atoms with Crippen LogP contribution in [0.2, 0.25) is 0 Å². The summed E-state index contributed by atoms with van der Waals surface area (Å²) in [7, 11) is 0. The normalized spacial score (nSPS) is 16.0. The molecule has 1 amide bonds. The van der Waals surface area contributed by atoms with Gasteiger partial charge in [-0.2, -0.15) is 5.26 Å².